The van der Waals surface area contributed by atoms with Gasteiger partial charge < -0.3 is 20.4 Å². The van der Waals surface area contributed by atoms with E-state index in [0.29, 0.717) is 5.95 Å². The van der Waals surface area contributed by atoms with Crippen LogP contribution in [0.25, 0.3) is 0 Å². The fraction of sp³-hybridized carbons (Fsp3) is 0.476. The average Bonchev–Trinajstić information content (AvgIpc) is 2.71. The maximum Gasteiger partial charge on any atom is 0.251 e. The number of aromatic nitrogens is 2. The van der Waals surface area contributed by atoms with Crippen LogP contribution in [0.5, 0.6) is 0 Å². The largest absolute Gasteiger partial charge is 0.367 e. The number of nitrogens with zero attached hydrogens (tertiary/aromatic N) is 4. The molecule has 0 atom stereocenters. The fourth-order valence-electron chi connectivity index (χ4n) is 3.42. The molecule has 0 radical (unpaired) electrons. The van der Waals surface area contributed by atoms with Crippen molar-refractivity contribution in [3.63, 3.8) is 0 Å². The third-order valence-electron chi connectivity index (χ3n) is 5.16. The van der Waals surface area contributed by atoms with E-state index in [-0.39, 0.29) is 36.0 Å². The molecule has 1 amide bonds. The molecule has 0 saturated heterocycles. The molecule has 170 valence electrons. The van der Waals surface area contributed by atoms with Gasteiger partial charge in [-0.25, -0.2) is 8.78 Å². The highest BCUT2D eigenvalue weighted by atomic mass is 35.5. The predicted molar refractivity (Wildman–Crippen MR) is 121 cm³/mol. The number of hydrogen-bond acceptors (Lipinski definition) is 6. The van der Waals surface area contributed by atoms with Gasteiger partial charge >= 0.3 is 0 Å². The number of nitrogens with one attached hydrogen (secondary N) is 2. The Labute approximate surface area is 187 Å². The second kappa shape index (κ2) is 10.6. The van der Waals surface area contributed by atoms with Crippen LogP contribution in [0.4, 0.5) is 26.4 Å². The van der Waals surface area contributed by atoms with Crippen LogP contribution in [0, 0.1) is 11.6 Å². The van der Waals surface area contributed by atoms with Crippen LogP contribution in [-0.4, -0.2) is 56.1 Å². The molecule has 2 aromatic rings. The van der Waals surface area contributed by atoms with Crippen molar-refractivity contribution in [1.29, 1.82) is 0 Å². The maximum atomic E-state index is 13.4. The zero-order valence-corrected chi connectivity index (χ0v) is 19.0. The van der Waals surface area contributed by atoms with Gasteiger partial charge in [-0.3, -0.25) is 4.79 Å². The molecule has 1 saturated carbocycles. The number of anilines is 3. The SMILES string of the molecule is CN(C)c1cc(NC2CCC(NC(=O)c3ccc(F)c(F)c3)CC2)nc(N(C)C)n1.Cl. The van der Waals surface area contributed by atoms with Crippen LogP contribution in [0.15, 0.2) is 24.3 Å². The zero-order chi connectivity index (χ0) is 21.8. The molecule has 10 heteroatoms. The Hall–Kier alpha value is -2.68. The molecule has 1 aromatic heterocycles. The van der Waals surface area contributed by atoms with E-state index < -0.39 is 11.6 Å². The molecule has 0 bridgehead atoms. The minimum absolute atomic E-state index is 0. The first-order chi connectivity index (χ1) is 14.2. The first-order valence-corrected chi connectivity index (χ1v) is 9.99. The lowest BCUT2D eigenvalue weighted by Crippen LogP contribution is -2.40. The molecule has 0 spiro atoms. The highest BCUT2D eigenvalue weighted by Gasteiger charge is 2.24. The monoisotopic (exact) mass is 454 g/mol. The molecule has 1 fully saturated rings. The summed E-state index contributed by atoms with van der Waals surface area (Å²) in [5, 5.41) is 6.40. The minimum atomic E-state index is -1.02. The van der Waals surface area contributed by atoms with Gasteiger partial charge in [0.05, 0.1) is 0 Å². The highest BCUT2D eigenvalue weighted by Crippen LogP contribution is 2.24. The third-order valence-corrected chi connectivity index (χ3v) is 5.16. The number of carbonyl (C=O) groups is 1. The van der Waals surface area contributed by atoms with Crippen LogP contribution in [0.2, 0.25) is 0 Å². The molecule has 1 aliphatic rings. The summed E-state index contributed by atoms with van der Waals surface area (Å²) in [7, 11) is 7.68. The molecular weight excluding hydrogens is 426 g/mol. The summed E-state index contributed by atoms with van der Waals surface area (Å²) >= 11 is 0. The van der Waals surface area contributed by atoms with Crippen molar-refractivity contribution in [1.82, 2.24) is 15.3 Å². The zero-order valence-electron chi connectivity index (χ0n) is 18.2. The molecule has 7 nitrogen and oxygen atoms in total. The van der Waals surface area contributed by atoms with E-state index in [1.54, 1.807) is 0 Å². The summed E-state index contributed by atoms with van der Waals surface area (Å²) in [5.41, 5.74) is 0.127. The molecule has 0 aliphatic heterocycles. The number of benzene rings is 1. The summed E-state index contributed by atoms with van der Waals surface area (Å²) < 4.78 is 26.4. The van der Waals surface area contributed by atoms with Gasteiger partial charge in [-0.15, -0.1) is 12.4 Å². The van der Waals surface area contributed by atoms with Gasteiger partial charge in [0.25, 0.3) is 5.91 Å². The van der Waals surface area contributed by atoms with Crippen LogP contribution >= 0.6 is 12.4 Å². The van der Waals surface area contributed by atoms with Gasteiger partial charge in [0, 0.05) is 51.9 Å². The van der Waals surface area contributed by atoms with E-state index >= 15 is 0 Å². The summed E-state index contributed by atoms with van der Waals surface area (Å²) in [6.45, 7) is 0. The third kappa shape index (κ3) is 6.40. The Kier molecular flexibility index (Phi) is 8.38. The molecule has 1 heterocycles. The number of amides is 1. The standard InChI is InChI=1S/C21H28F2N6O.ClH/c1-28(2)19-12-18(26-21(27-19)29(3)4)24-14-6-8-15(9-7-14)25-20(30)13-5-10-16(22)17(23)11-13;/h5,10-12,14-15H,6-9H2,1-4H3,(H,25,30)(H,24,26,27);1H. The van der Waals surface area contributed by atoms with Crippen LogP contribution in [0.3, 0.4) is 0 Å². The summed E-state index contributed by atoms with van der Waals surface area (Å²) in [6.07, 6.45) is 3.31. The van der Waals surface area contributed by atoms with Crippen molar-refractivity contribution in [2.75, 3.05) is 43.3 Å². The molecular formula is C21H29ClF2N6O. The van der Waals surface area contributed by atoms with Crippen molar-refractivity contribution in [2.45, 2.75) is 37.8 Å². The lowest BCUT2D eigenvalue weighted by Gasteiger charge is -2.30. The molecule has 0 unspecified atom stereocenters. The molecule has 1 aromatic carbocycles. The number of carbonyl (C=O) groups excluding carboxylic acids is 1. The van der Waals surface area contributed by atoms with Crippen LogP contribution in [-0.2, 0) is 0 Å². The quantitative estimate of drug-likeness (QED) is 0.696. The van der Waals surface area contributed by atoms with Gasteiger partial charge in [-0.2, -0.15) is 9.97 Å². The fourth-order valence-corrected chi connectivity index (χ4v) is 3.42. The molecule has 3 rings (SSSR count). The van der Waals surface area contributed by atoms with Gasteiger partial charge in [0.15, 0.2) is 11.6 Å². The first-order valence-electron chi connectivity index (χ1n) is 9.99. The second-order valence-electron chi connectivity index (χ2n) is 8.00. The van der Waals surface area contributed by atoms with Gasteiger partial charge in [0.1, 0.15) is 11.6 Å². The minimum Gasteiger partial charge on any atom is -0.367 e. The van der Waals surface area contributed by atoms with Gasteiger partial charge in [0.2, 0.25) is 5.95 Å². The Morgan fingerprint density at radius 2 is 1.58 bits per heavy atom. The molecule has 1 aliphatic carbocycles. The smallest absolute Gasteiger partial charge is 0.251 e. The maximum absolute atomic E-state index is 13.4. The first kappa shape index (κ1) is 24.6. The van der Waals surface area contributed by atoms with E-state index in [9.17, 15) is 13.6 Å². The predicted octanol–water partition coefficient (Wildman–Crippen LogP) is 3.46. The van der Waals surface area contributed by atoms with E-state index in [2.05, 4.69) is 20.6 Å². The van der Waals surface area contributed by atoms with Crippen LogP contribution in [0.1, 0.15) is 36.0 Å². The topological polar surface area (TPSA) is 73.4 Å². The van der Waals surface area contributed by atoms with Crippen molar-refractivity contribution in [3.05, 3.63) is 41.5 Å². The Morgan fingerprint density at radius 1 is 0.935 bits per heavy atom. The van der Waals surface area contributed by atoms with Crippen molar-refractivity contribution < 1.29 is 13.6 Å². The summed E-state index contributed by atoms with van der Waals surface area (Å²) in [6, 6.07) is 5.35. The number of hydrogen-bond donors (Lipinski definition) is 2. The Balaban J connectivity index is 0.00000341. The van der Waals surface area contributed by atoms with Crippen LogP contribution < -0.4 is 20.4 Å². The second-order valence-corrected chi connectivity index (χ2v) is 8.00. The Bertz CT molecular complexity index is 877. The number of rotatable bonds is 6. The normalized spacial score (nSPS) is 18.0. The Morgan fingerprint density at radius 3 is 2.16 bits per heavy atom. The van der Waals surface area contributed by atoms with Gasteiger partial charge in [-0.1, -0.05) is 0 Å². The van der Waals surface area contributed by atoms with Crippen molar-refractivity contribution >= 4 is 35.9 Å². The molecule has 2 N–H and O–H groups in total. The summed E-state index contributed by atoms with van der Waals surface area (Å²) in [5.74, 6) is -0.133. The average molecular weight is 455 g/mol. The molecule has 31 heavy (non-hydrogen) atoms. The highest BCUT2D eigenvalue weighted by molar-refractivity contribution is 5.94. The van der Waals surface area contributed by atoms with Gasteiger partial charge in [-0.05, 0) is 43.9 Å². The van der Waals surface area contributed by atoms with E-state index in [4.69, 9.17) is 0 Å². The van der Waals surface area contributed by atoms with Crippen molar-refractivity contribution in [2.24, 2.45) is 0 Å². The van der Waals surface area contributed by atoms with E-state index in [1.165, 1.54) is 6.07 Å². The van der Waals surface area contributed by atoms with E-state index in [0.717, 1.165) is 49.5 Å². The van der Waals surface area contributed by atoms with Crippen molar-refractivity contribution in [3.8, 4) is 0 Å². The lowest BCUT2D eigenvalue weighted by molar-refractivity contribution is 0.0926. The lowest BCUT2D eigenvalue weighted by atomic mass is 9.91. The van der Waals surface area contributed by atoms with E-state index in [1.807, 2.05) is 44.1 Å². The summed E-state index contributed by atoms with van der Waals surface area (Å²) in [4.78, 5) is 25.2. The number of halogens is 3.